The van der Waals surface area contributed by atoms with Crippen LogP contribution < -0.4 is 10.6 Å². The van der Waals surface area contributed by atoms with E-state index in [1.807, 2.05) is 44.2 Å². The van der Waals surface area contributed by atoms with Gasteiger partial charge in [-0.2, -0.15) is 0 Å². The molecule has 10 heteroatoms. The van der Waals surface area contributed by atoms with Crippen molar-refractivity contribution in [1.82, 2.24) is 25.5 Å². The highest BCUT2D eigenvalue weighted by Gasteiger charge is 2.30. The number of rotatable bonds is 9. The number of nitrogens with one attached hydrogen (secondary N) is 2. The first kappa shape index (κ1) is 25.5. The number of hydrogen-bond donors (Lipinski definition) is 4. The number of aromatic nitrogens is 2. The average molecular weight is 478 g/mol. The average Bonchev–Trinajstić information content (AvgIpc) is 2.88. The predicted molar refractivity (Wildman–Crippen MR) is 127 cm³/mol. The maximum absolute atomic E-state index is 12.6. The highest BCUT2D eigenvalue weighted by atomic mass is 16.5. The minimum Gasteiger partial charge on any atom is -0.347 e. The van der Waals surface area contributed by atoms with Crippen LogP contribution in [0.2, 0.25) is 0 Å². The van der Waals surface area contributed by atoms with E-state index in [1.54, 1.807) is 4.90 Å². The first-order chi connectivity index (χ1) is 16.7. The second-order valence-electron chi connectivity index (χ2n) is 7.64. The van der Waals surface area contributed by atoms with Crippen LogP contribution in [0.5, 0.6) is 0 Å². The van der Waals surface area contributed by atoms with Crippen LogP contribution in [-0.2, 0) is 12.5 Å². The van der Waals surface area contributed by atoms with E-state index in [1.165, 1.54) is 24.3 Å². The summed E-state index contributed by atoms with van der Waals surface area (Å²) in [5.41, 5.74) is 0.925. The third kappa shape index (κ3) is 6.46. The van der Waals surface area contributed by atoms with Crippen molar-refractivity contribution in [2.24, 2.45) is 0 Å². The number of carbonyl (C=O) groups excluding carboxylic acids is 3. The van der Waals surface area contributed by atoms with Crippen LogP contribution in [0.3, 0.4) is 0 Å². The molecule has 0 aliphatic heterocycles. The van der Waals surface area contributed by atoms with E-state index in [0.717, 1.165) is 18.0 Å². The van der Waals surface area contributed by atoms with Gasteiger partial charge in [0, 0.05) is 36.8 Å². The number of benzene rings is 2. The van der Waals surface area contributed by atoms with Crippen LogP contribution in [0.15, 0.2) is 67.0 Å². The molecule has 0 aliphatic carbocycles. The summed E-state index contributed by atoms with van der Waals surface area (Å²) in [4.78, 5) is 46.8. The van der Waals surface area contributed by atoms with Gasteiger partial charge in [-0.05, 0) is 31.5 Å². The summed E-state index contributed by atoms with van der Waals surface area (Å²) in [6, 6.07) is 16.0. The summed E-state index contributed by atoms with van der Waals surface area (Å²) >= 11 is 0. The van der Waals surface area contributed by atoms with E-state index in [2.05, 4.69) is 20.6 Å². The third-order valence-corrected chi connectivity index (χ3v) is 5.30. The molecular weight excluding hydrogens is 450 g/mol. The molecule has 4 N–H and O–H groups in total. The zero-order valence-corrected chi connectivity index (χ0v) is 19.4. The molecular formula is C25H27N5O5. The lowest BCUT2D eigenvalue weighted by molar-refractivity contribution is -0.185. The lowest BCUT2D eigenvalue weighted by Crippen LogP contribution is -2.46. The molecule has 3 amide bonds. The maximum Gasteiger partial charge on any atom is 0.275 e. The molecule has 1 heterocycles. The Bertz CT molecular complexity index is 1180. The molecule has 2 aromatic carbocycles. The summed E-state index contributed by atoms with van der Waals surface area (Å²) in [5, 5.41) is 25.6. The third-order valence-electron chi connectivity index (χ3n) is 5.30. The van der Waals surface area contributed by atoms with Gasteiger partial charge in [-0.3, -0.25) is 19.7 Å². The molecule has 0 radical (unpaired) electrons. The minimum absolute atomic E-state index is 0.0539. The minimum atomic E-state index is -2.74. The van der Waals surface area contributed by atoms with Crippen LogP contribution in [-0.4, -0.2) is 55.9 Å². The Balaban J connectivity index is 1.67. The fraction of sp³-hybridized carbons (Fsp3) is 0.240. The zero-order valence-electron chi connectivity index (χ0n) is 19.4. The van der Waals surface area contributed by atoms with Gasteiger partial charge in [0.1, 0.15) is 17.7 Å². The number of aliphatic hydroxyl groups is 2. The molecule has 3 aromatic rings. The Hall–Kier alpha value is -4.15. The van der Waals surface area contributed by atoms with Gasteiger partial charge in [0.25, 0.3) is 23.6 Å². The molecule has 0 fully saturated rings. The Labute approximate surface area is 202 Å². The quantitative estimate of drug-likeness (QED) is 0.341. The van der Waals surface area contributed by atoms with Crippen LogP contribution in [0.1, 0.15) is 56.3 Å². The first-order valence-electron chi connectivity index (χ1n) is 11.1. The zero-order chi connectivity index (χ0) is 25.4. The molecule has 3 rings (SSSR count). The van der Waals surface area contributed by atoms with Gasteiger partial charge in [-0.15, -0.1) is 0 Å². The molecule has 0 saturated heterocycles. The molecule has 0 aliphatic rings. The predicted octanol–water partition coefficient (Wildman–Crippen LogP) is 1.41. The number of hydrogen-bond acceptors (Lipinski definition) is 7. The van der Waals surface area contributed by atoms with Gasteiger partial charge in [0.05, 0.1) is 0 Å². The van der Waals surface area contributed by atoms with Crippen molar-refractivity contribution in [3.05, 3.63) is 95.1 Å². The van der Waals surface area contributed by atoms with Gasteiger partial charge in [-0.25, -0.2) is 9.97 Å². The molecule has 0 saturated carbocycles. The van der Waals surface area contributed by atoms with Gasteiger partial charge < -0.3 is 20.4 Å². The second kappa shape index (κ2) is 11.3. The lowest BCUT2D eigenvalue weighted by Gasteiger charge is -2.24. The van der Waals surface area contributed by atoms with Gasteiger partial charge >= 0.3 is 0 Å². The van der Waals surface area contributed by atoms with E-state index in [-0.39, 0.29) is 29.4 Å². The lowest BCUT2D eigenvalue weighted by atomic mass is 10.1. The SMILES string of the molecule is CCN(CC)C(=O)c1ccc(C(O)(O)NC(=O)c2cc(C(=O)NCc3ccccc3)ncn2)cc1. The van der Waals surface area contributed by atoms with Gasteiger partial charge in [-0.1, -0.05) is 42.5 Å². The largest absolute Gasteiger partial charge is 0.347 e. The van der Waals surface area contributed by atoms with Crippen molar-refractivity contribution in [3.63, 3.8) is 0 Å². The number of amides is 3. The smallest absolute Gasteiger partial charge is 0.275 e. The Morgan fingerprint density at radius 2 is 1.49 bits per heavy atom. The molecule has 0 spiro atoms. The van der Waals surface area contributed by atoms with E-state index >= 15 is 0 Å². The fourth-order valence-corrected chi connectivity index (χ4v) is 3.31. The van der Waals surface area contributed by atoms with E-state index in [9.17, 15) is 24.6 Å². The Kier molecular flexibility index (Phi) is 8.24. The van der Waals surface area contributed by atoms with Crippen LogP contribution in [0.25, 0.3) is 0 Å². The van der Waals surface area contributed by atoms with E-state index in [4.69, 9.17) is 0 Å². The molecule has 0 bridgehead atoms. The highest BCUT2D eigenvalue weighted by Crippen LogP contribution is 2.17. The topological polar surface area (TPSA) is 145 Å². The molecule has 35 heavy (non-hydrogen) atoms. The van der Waals surface area contributed by atoms with Crippen molar-refractivity contribution < 1.29 is 24.6 Å². The second-order valence-corrected chi connectivity index (χ2v) is 7.64. The van der Waals surface area contributed by atoms with E-state index in [0.29, 0.717) is 18.7 Å². The van der Waals surface area contributed by atoms with Crippen LogP contribution in [0, 0.1) is 0 Å². The first-order valence-corrected chi connectivity index (χ1v) is 11.1. The molecule has 0 unspecified atom stereocenters. The van der Waals surface area contributed by atoms with Crippen molar-refractivity contribution in [3.8, 4) is 0 Å². The number of carbonyl (C=O) groups is 3. The molecule has 182 valence electrons. The monoisotopic (exact) mass is 477 g/mol. The maximum atomic E-state index is 12.6. The standard InChI is InChI=1S/C25H27N5O5/c1-3-30(4-2)24(33)18-10-12-19(13-11-18)25(34,35)29-23(32)21-14-20(27-16-28-21)22(31)26-15-17-8-6-5-7-9-17/h5-14,16,34-35H,3-4,15H2,1-2H3,(H,26,31)(H,29,32). The van der Waals surface area contributed by atoms with E-state index < -0.39 is 17.7 Å². The summed E-state index contributed by atoms with van der Waals surface area (Å²) in [6.07, 6.45) is 1.04. The molecule has 1 aromatic heterocycles. The van der Waals surface area contributed by atoms with Gasteiger partial charge in [0.2, 0.25) is 0 Å². The summed E-state index contributed by atoms with van der Waals surface area (Å²) in [6.45, 7) is 5.09. The Morgan fingerprint density at radius 1 is 0.886 bits per heavy atom. The van der Waals surface area contributed by atoms with Crippen molar-refractivity contribution in [2.75, 3.05) is 13.1 Å². The Morgan fingerprint density at radius 3 is 2.09 bits per heavy atom. The summed E-state index contributed by atoms with van der Waals surface area (Å²) < 4.78 is 0. The van der Waals surface area contributed by atoms with Crippen molar-refractivity contribution >= 4 is 17.7 Å². The normalized spacial score (nSPS) is 11.0. The van der Waals surface area contributed by atoms with Gasteiger partial charge in [0.15, 0.2) is 0 Å². The van der Waals surface area contributed by atoms with Crippen LogP contribution in [0.4, 0.5) is 0 Å². The summed E-state index contributed by atoms with van der Waals surface area (Å²) in [7, 11) is 0. The molecule has 0 atom stereocenters. The van der Waals surface area contributed by atoms with Crippen molar-refractivity contribution in [2.45, 2.75) is 26.3 Å². The highest BCUT2D eigenvalue weighted by molar-refractivity contribution is 5.97. The fourth-order valence-electron chi connectivity index (χ4n) is 3.31. The summed E-state index contributed by atoms with van der Waals surface area (Å²) in [5.74, 6) is -4.38. The number of nitrogens with zero attached hydrogens (tertiary/aromatic N) is 3. The molecule has 10 nitrogen and oxygen atoms in total. The van der Waals surface area contributed by atoms with Crippen LogP contribution >= 0.6 is 0 Å². The van der Waals surface area contributed by atoms with Crippen molar-refractivity contribution in [1.29, 1.82) is 0 Å².